The predicted molar refractivity (Wildman–Crippen MR) is 87.1 cm³/mol. The van der Waals surface area contributed by atoms with Crippen molar-refractivity contribution in [2.45, 2.75) is 33.1 Å². The van der Waals surface area contributed by atoms with Crippen molar-refractivity contribution in [2.75, 3.05) is 18.4 Å². The number of nitrogens with zero attached hydrogens (tertiary/aromatic N) is 1. The number of carbonyl (C=O) groups is 2. The number of nitrogens with one attached hydrogen (secondary N) is 1. The van der Waals surface area contributed by atoms with Crippen LogP contribution in [0.25, 0.3) is 0 Å². The van der Waals surface area contributed by atoms with Crippen LogP contribution in [0.15, 0.2) is 22.7 Å². The minimum atomic E-state index is -0.261. The first-order chi connectivity index (χ1) is 9.95. The Hall–Kier alpha value is -1.36. The Morgan fingerprint density at radius 3 is 2.62 bits per heavy atom. The zero-order valence-electron chi connectivity index (χ0n) is 12.5. The van der Waals surface area contributed by atoms with Gasteiger partial charge in [-0.1, -0.05) is 13.0 Å². The SMILES string of the molecule is Cc1ccc(NC(=O)CC(=O)N2CCC(C)CC2)c(Br)c1. The molecule has 4 nitrogen and oxygen atoms in total. The Kier molecular flexibility index (Phi) is 5.39. The van der Waals surface area contributed by atoms with Crippen molar-refractivity contribution in [1.29, 1.82) is 0 Å². The lowest BCUT2D eigenvalue weighted by Crippen LogP contribution is -2.39. The molecular formula is C16H21BrN2O2. The first-order valence-corrected chi connectivity index (χ1v) is 8.09. The number of amides is 2. The molecule has 5 heteroatoms. The van der Waals surface area contributed by atoms with Gasteiger partial charge in [0.2, 0.25) is 11.8 Å². The molecule has 1 N–H and O–H groups in total. The lowest BCUT2D eigenvalue weighted by Gasteiger charge is -2.30. The summed E-state index contributed by atoms with van der Waals surface area (Å²) >= 11 is 3.41. The molecule has 0 unspecified atom stereocenters. The van der Waals surface area contributed by atoms with Gasteiger partial charge in [-0.3, -0.25) is 9.59 Å². The van der Waals surface area contributed by atoms with Crippen LogP contribution in [0.1, 0.15) is 31.7 Å². The second-order valence-electron chi connectivity index (χ2n) is 5.77. The van der Waals surface area contributed by atoms with E-state index in [1.807, 2.05) is 25.1 Å². The van der Waals surface area contributed by atoms with Crippen LogP contribution in [-0.2, 0) is 9.59 Å². The lowest BCUT2D eigenvalue weighted by molar-refractivity contribution is -0.135. The summed E-state index contributed by atoms with van der Waals surface area (Å²) in [4.78, 5) is 25.9. The van der Waals surface area contributed by atoms with Crippen molar-refractivity contribution < 1.29 is 9.59 Å². The Bertz CT molecular complexity index is 537. The maximum atomic E-state index is 12.1. The summed E-state index contributed by atoms with van der Waals surface area (Å²) < 4.78 is 0.829. The fraction of sp³-hybridized carbons (Fsp3) is 0.500. The predicted octanol–water partition coefficient (Wildman–Crippen LogP) is 3.34. The minimum Gasteiger partial charge on any atom is -0.342 e. The van der Waals surface area contributed by atoms with Crippen LogP contribution in [0.5, 0.6) is 0 Å². The smallest absolute Gasteiger partial charge is 0.233 e. The summed E-state index contributed by atoms with van der Waals surface area (Å²) in [6.45, 7) is 5.71. The molecule has 1 fully saturated rings. The number of carbonyl (C=O) groups excluding carboxylic acids is 2. The van der Waals surface area contributed by atoms with Crippen molar-refractivity contribution in [1.82, 2.24) is 4.90 Å². The van der Waals surface area contributed by atoms with Crippen LogP contribution in [0.2, 0.25) is 0 Å². The van der Waals surface area contributed by atoms with Crippen LogP contribution in [0, 0.1) is 12.8 Å². The van der Waals surface area contributed by atoms with Crippen molar-refractivity contribution in [3.63, 3.8) is 0 Å². The van der Waals surface area contributed by atoms with Gasteiger partial charge in [0.15, 0.2) is 0 Å². The van der Waals surface area contributed by atoms with E-state index in [4.69, 9.17) is 0 Å². The van der Waals surface area contributed by atoms with Crippen LogP contribution in [-0.4, -0.2) is 29.8 Å². The number of piperidine rings is 1. The number of hydrogen-bond acceptors (Lipinski definition) is 2. The first kappa shape index (κ1) is 16.0. The quantitative estimate of drug-likeness (QED) is 0.848. The number of hydrogen-bond donors (Lipinski definition) is 1. The van der Waals surface area contributed by atoms with Gasteiger partial charge in [0.1, 0.15) is 6.42 Å². The molecule has 0 spiro atoms. The maximum Gasteiger partial charge on any atom is 0.233 e. The number of benzene rings is 1. The average Bonchev–Trinajstić information content (AvgIpc) is 2.42. The molecule has 1 aromatic rings. The van der Waals surface area contributed by atoms with Gasteiger partial charge in [-0.15, -0.1) is 0 Å². The van der Waals surface area contributed by atoms with Gasteiger partial charge in [-0.2, -0.15) is 0 Å². The van der Waals surface area contributed by atoms with Gasteiger partial charge in [0, 0.05) is 17.6 Å². The van der Waals surface area contributed by atoms with Crippen molar-refractivity contribution in [3.8, 4) is 0 Å². The highest BCUT2D eigenvalue weighted by Crippen LogP contribution is 2.23. The van der Waals surface area contributed by atoms with E-state index in [1.54, 1.807) is 4.90 Å². The number of anilines is 1. The zero-order chi connectivity index (χ0) is 15.4. The molecule has 2 rings (SSSR count). The van der Waals surface area contributed by atoms with Crippen LogP contribution in [0.3, 0.4) is 0 Å². The molecule has 2 amide bonds. The highest BCUT2D eigenvalue weighted by molar-refractivity contribution is 9.10. The number of aryl methyl sites for hydroxylation is 1. The molecule has 0 bridgehead atoms. The number of likely N-dealkylation sites (tertiary alicyclic amines) is 1. The Morgan fingerprint density at radius 2 is 2.00 bits per heavy atom. The third-order valence-corrected chi connectivity index (χ3v) is 4.50. The lowest BCUT2D eigenvalue weighted by atomic mass is 9.99. The molecular weight excluding hydrogens is 332 g/mol. The van der Waals surface area contributed by atoms with E-state index in [0.717, 1.165) is 36.0 Å². The topological polar surface area (TPSA) is 49.4 Å². The van der Waals surface area contributed by atoms with Gasteiger partial charge in [-0.05, 0) is 59.3 Å². The number of rotatable bonds is 3. The summed E-state index contributed by atoms with van der Waals surface area (Å²) in [7, 11) is 0. The first-order valence-electron chi connectivity index (χ1n) is 7.29. The highest BCUT2D eigenvalue weighted by atomic mass is 79.9. The van der Waals surface area contributed by atoms with Crippen LogP contribution >= 0.6 is 15.9 Å². The second kappa shape index (κ2) is 7.07. The standard InChI is InChI=1S/C16H21BrN2O2/c1-11-5-7-19(8-6-11)16(21)10-15(20)18-14-4-3-12(2)9-13(14)17/h3-4,9,11H,5-8,10H2,1-2H3,(H,18,20). The van der Waals surface area contributed by atoms with Gasteiger partial charge < -0.3 is 10.2 Å². The fourth-order valence-electron chi connectivity index (χ4n) is 2.42. The Balaban J connectivity index is 1.88. The minimum absolute atomic E-state index is 0.0809. The van der Waals surface area contributed by atoms with Gasteiger partial charge in [-0.25, -0.2) is 0 Å². The van der Waals surface area contributed by atoms with Crippen LogP contribution < -0.4 is 5.32 Å². The van der Waals surface area contributed by atoms with Gasteiger partial charge in [0.05, 0.1) is 5.69 Å². The van der Waals surface area contributed by atoms with E-state index in [0.29, 0.717) is 11.6 Å². The van der Waals surface area contributed by atoms with Crippen LogP contribution in [0.4, 0.5) is 5.69 Å². The number of halogens is 1. The molecule has 21 heavy (non-hydrogen) atoms. The van der Waals surface area contributed by atoms with E-state index in [2.05, 4.69) is 28.2 Å². The summed E-state index contributed by atoms with van der Waals surface area (Å²) in [5, 5.41) is 2.78. The van der Waals surface area contributed by atoms with Crippen molar-refractivity contribution in [2.24, 2.45) is 5.92 Å². The average molecular weight is 353 g/mol. The normalized spacial score (nSPS) is 15.9. The molecule has 1 aromatic carbocycles. The molecule has 0 radical (unpaired) electrons. The summed E-state index contributed by atoms with van der Waals surface area (Å²) in [6, 6.07) is 5.70. The van der Waals surface area contributed by atoms with E-state index in [-0.39, 0.29) is 18.2 Å². The summed E-state index contributed by atoms with van der Waals surface area (Å²) in [5.74, 6) is 0.331. The molecule has 0 atom stereocenters. The summed E-state index contributed by atoms with van der Waals surface area (Å²) in [5.41, 5.74) is 1.81. The van der Waals surface area contributed by atoms with Gasteiger partial charge in [0.25, 0.3) is 0 Å². The van der Waals surface area contributed by atoms with E-state index in [1.165, 1.54) is 0 Å². The summed E-state index contributed by atoms with van der Waals surface area (Å²) in [6.07, 6.45) is 1.96. The third kappa shape index (κ3) is 4.56. The molecule has 114 valence electrons. The third-order valence-electron chi connectivity index (χ3n) is 3.85. The molecule has 0 aromatic heterocycles. The monoisotopic (exact) mass is 352 g/mol. The van der Waals surface area contributed by atoms with E-state index >= 15 is 0 Å². The molecule has 0 saturated carbocycles. The van der Waals surface area contributed by atoms with Crippen molar-refractivity contribution >= 4 is 33.4 Å². The maximum absolute atomic E-state index is 12.1. The zero-order valence-corrected chi connectivity index (χ0v) is 14.1. The van der Waals surface area contributed by atoms with E-state index in [9.17, 15) is 9.59 Å². The van der Waals surface area contributed by atoms with Gasteiger partial charge >= 0.3 is 0 Å². The van der Waals surface area contributed by atoms with E-state index < -0.39 is 0 Å². The molecule has 1 saturated heterocycles. The second-order valence-corrected chi connectivity index (χ2v) is 6.63. The largest absolute Gasteiger partial charge is 0.342 e. The fourth-order valence-corrected chi connectivity index (χ4v) is 3.02. The Morgan fingerprint density at radius 1 is 1.33 bits per heavy atom. The molecule has 1 aliphatic rings. The Labute approximate surface area is 134 Å². The molecule has 0 aliphatic carbocycles. The highest BCUT2D eigenvalue weighted by Gasteiger charge is 2.22. The molecule has 1 aliphatic heterocycles. The van der Waals surface area contributed by atoms with Crippen molar-refractivity contribution in [3.05, 3.63) is 28.2 Å². The molecule has 1 heterocycles.